The van der Waals surface area contributed by atoms with Crippen molar-refractivity contribution in [2.75, 3.05) is 44.2 Å². The summed E-state index contributed by atoms with van der Waals surface area (Å²) < 4.78 is 13.0. The Morgan fingerprint density at radius 2 is 1.84 bits per heavy atom. The average Bonchev–Trinajstić information content (AvgIpc) is 3.44. The van der Waals surface area contributed by atoms with Crippen LogP contribution in [0.1, 0.15) is 12.8 Å². The molecule has 25 heavy (non-hydrogen) atoms. The highest BCUT2D eigenvalue weighted by molar-refractivity contribution is 14.0. The normalized spacial score (nSPS) is 17.9. The minimum atomic E-state index is -0.220. The van der Waals surface area contributed by atoms with E-state index in [4.69, 9.17) is 5.73 Å². The Bertz CT molecular complexity index is 598. The van der Waals surface area contributed by atoms with E-state index < -0.39 is 0 Å². The third-order valence-electron chi connectivity index (χ3n) is 4.43. The van der Waals surface area contributed by atoms with E-state index in [0.29, 0.717) is 19.0 Å². The molecule has 1 aliphatic heterocycles. The Morgan fingerprint density at radius 1 is 1.20 bits per heavy atom. The van der Waals surface area contributed by atoms with Gasteiger partial charge in [0.25, 0.3) is 0 Å². The number of piperazine rings is 1. The largest absolute Gasteiger partial charge is 0.370 e. The van der Waals surface area contributed by atoms with Crippen LogP contribution in [0.5, 0.6) is 0 Å². The van der Waals surface area contributed by atoms with Crippen LogP contribution < -0.4 is 16.0 Å². The van der Waals surface area contributed by atoms with Crippen LogP contribution in [0, 0.1) is 11.7 Å². The summed E-state index contributed by atoms with van der Waals surface area (Å²) in [7, 11) is 0. The molecule has 2 fully saturated rings. The van der Waals surface area contributed by atoms with Gasteiger partial charge in [-0.25, -0.2) is 4.39 Å². The second-order valence-corrected chi connectivity index (χ2v) is 6.26. The second kappa shape index (κ2) is 9.21. The van der Waals surface area contributed by atoms with E-state index in [1.165, 1.54) is 12.1 Å². The Hall–Kier alpha value is -1.58. The predicted molar refractivity (Wildman–Crippen MR) is 108 cm³/mol. The van der Waals surface area contributed by atoms with E-state index in [1.807, 2.05) is 4.90 Å². The molecule has 0 atom stereocenters. The number of nitrogens with one attached hydrogen (secondary N) is 1. The van der Waals surface area contributed by atoms with Gasteiger partial charge in [-0.1, -0.05) is 0 Å². The lowest BCUT2D eigenvalue weighted by atomic mass is 10.2. The van der Waals surface area contributed by atoms with Gasteiger partial charge < -0.3 is 20.9 Å². The van der Waals surface area contributed by atoms with Crippen molar-refractivity contribution in [3.8, 4) is 0 Å². The molecule has 0 spiro atoms. The highest BCUT2D eigenvalue weighted by atomic mass is 127. The first-order chi connectivity index (χ1) is 11.6. The minimum absolute atomic E-state index is 0. The van der Waals surface area contributed by atoms with E-state index in [0.717, 1.165) is 44.7 Å². The molecule has 1 amide bonds. The second-order valence-electron chi connectivity index (χ2n) is 6.26. The number of aliphatic imine (C=N–C) groups is 1. The van der Waals surface area contributed by atoms with Gasteiger partial charge in [0.2, 0.25) is 5.91 Å². The van der Waals surface area contributed by atoms with Gasteiger partial charge in [-0.2, -0.15) is 0 Å². The first-order valence-electron chi connectivity index (χ1n) is 8.46. The Kier molecular flexibility index (Phi) is 7.27. The minimum Gasteiger partial charge on any atom is -0.370 e. The molecule has 1 heterocycles. The molecule has 3 N–H and O–H groups in total. The molecule has 1 saturated heterocycles. The van der Waals surface area contributed by atoms with Gasteiger partial charge in [0, 0.05) is 44.3 Å². The van der Waals surface area contributed by atoms with Gasteiger partial charge in [-0.3, -0.25) is 9.79 Å². The number of hydrogen-bond acceptors (Lipinski definition) is 3. The molecular weight excluding hydrogens is 436 g/mol. The summed E-state index contributed by atoms with van der Waals surface area (Å²) in [6, 6.07) is 6.55. The van der Waals surface area contributed by atoms with Gasteiger partial charge >= 0.3 is 0 Å². The molecule has 1 aromatic carbocycles. The van der Waals surface area contributed by atoms with Gasteiger partial charge in [-0.05, 0) is 37.1 Å². The summed E-state index contributed by atoms with van der Waals surface area (Å²) in [6.45, 7) is 4.23. The van der Waals surface area contributed by atoms with Crippen LogP contribution in [0.25, 0.3) is 0 Å². The molecule has 6 nitrogen and oxygen atoms in total. The Morgan fingerprint density at radius 3 is 2.44 bits per heavy atom. The SMILES string of the molecule is I.NC(=NCCNC(=O)C1CC1)N1CCN(c2ccc(F)cc2)CC1. The summed E-state index contributed by atoms with van der Waals surface area (Å²) in [4.78, 5) is 20.1. The van der Waals surface area contributed by atoms with Crippen molar-refractivity contribution < 1.29 is 9.18 Å². The smallest absolute Gasteiger partial charge is 0.223 e. The summed E-state index contributed by atoms with van der Waals surface area (Å²) in [5.74, 6) is 0.666. The van der Waals surface area contributed by atoms with E-state index in [9.17, 15) is 9.18 Å². The molecule has 1 aliphatic carbocycles. The lowest BCUT2D eigenvalue weighted by Gasteiger charge is -2.36. The number of anilines is 1. The number of nitrogens with zero attached hydrogens (tertiary/aromatic N) is 3. The molecule has 3 rings (SSSR count). The predicted octanol–water partition coefficient (Wildman–Crippen LogP) is 1.41. The van der Waals surface area contributed by atoms with Crippen molar-refractivity contribution in [1.82, 2.24) is 10.2 Å². The van der Waals surface area contributed by atoms with Crippen LogP contribution in [0.15, 0.2) is 29.3 Å². The number of hydrogen-bond donors (Lipinski definition) is 2. The first-order valence-corrected chi connectivity index (χ1v) is 8.46. The number of carbonyl (C=O) groups is 1. The summed E-state index contributed by atoms with van der Waals surface area (Å²) >= 11 is 0. The van der Waals surface area contributed by atoms with Crippen molar-refractivity contribution in [2.45, 2.75) is 12.8 Å². The average molecular weight is 461 g/mol. The maximum Gasteiger partial charge on any atom is 0.223 e. The van der Waals surface area contributed by atoms with Crippen LogP contribution in [0.4, 0.5) is 10.1 Å². The standard InChI is InChI=1S/C17H24FN5O.HI/c18-14-3-5-15(6-4-14)22-9-11-23(12-10-22)17(19)21-8-7-20-16(24)13-1-2-13;/h3-6,13H,1-2,7-12H2,(H2,19,21)(H,20,24);1H. The highest BCUT2D eigenvalue weighted by Gasteiger charge is 2.29. The fourth-order valence-corrected chi connectivity index (χ4v) is 2.79. The molecule has 1 aromatic rings. The van der Waals surface area contributed by atoms with Gasteiger partial charge in [-0.15, -0.1) is 24.0 Å². The van der Waals surface area contributed by atoms with Crippen molar-refractivity contribution in [3.63, 3.8) is 0 Å². The zero-order chi connectivity index (χ0) is 16.9. The number of rotatable bonds is 5. The van der Waals surface area contributed by atoms with Crippen molar-refractivity contribution in [2.24, 2.45) is 16.6 Å². The maximum absolute atomic E-state index is 13.0. The first kappa shape index (κ1) is 19.7. The molecule has 138 valence electrons. The van der Waals surface area contributed by atoms with Gasteiger partial charge in [0.1, 0.15) is 5.82 Å². The number of amides is 1. The Labute approximate surface area is 164 Å². The van der Waals surface area contributed by atoms with Crippen LogP contribution in [-0.2, 0) is 4.79 Å². The molecule has 1 saturated carbocycles. The monoisotopic (exact) mass is 461 g/mol. The van der Waals surface area contributed by atoms with E-state index in [2.05, 4.69) is 15.2 Å². The summed E-state index contributed by atoms with van der Waals surface area (Å²) in [5, 5.41) is 2.88. The zero-order valence-corrected chi connectivity index (χ0v) is 16.5. The van der Waals surface area contributed by atoms with Crippen LogP contribution in [-0.4, -0.2) is 56.0 Å². The zero-order valence-electron chi connectivity index (χ0n) is 14.2. The van der Waals surface area contributed by atoms with Crippen molar-refractivity contribution >= 4 is 41.5 Å². The molecule has 0 bridgehead atoms. The molecule has 0 radical (unpaired) electrons. The number of benzene rings is 1. The van der Waals surface area contributed by atoms with E-state index in [1.54, 1.807) is 12.1 Å². The summed E-state index contributed by atoms with van der Waals surface area (Å²) in [5.41, 5.74) is 7.06. The third-order valence-corrected chi connectivity index (χ3v) is 4.43. The topological polar surface area (TPSA) is 74.0 Å². The van der Waals surface area contributed by atoms with Gasteiger partial charge in [0.05, 0.1) is 6.54 Å². The number of halogens is 2. The molecular formula is C17H25FIN5O. The number of nitrogens with two attached hydrogens (primary N) is 1. The molecule has 0 aromatic heterocycles. The lowest BCUT2D eigenvalue weighted by molar-refractivity contribution is -0.122. The summed E-state index contributed by atoms with van der Waals surface area (Å²) in [6.07, 6.45) is 2.02. The molecule has 0 unspecified atom stereocenters. The highest BCUT2D eigenvalue weighted by Crippen LogP contribution is 2.28. The van der Waals surface area contributed by atoms with Crippen molar-refractivity contribution in [3.05, 3.63) is 30.1 Å². The quantitative estimate of drug-likeness (QED) is 0.301. The van der Waals surface area contributed by atoms with Crippen LogP contribution >= 0.6 is 24.0 Å². The molecule has 2 aliphatic rings. The fraction of sp³-hybridized carbons (Fsp3) is 0.529. The van der Waals surface area contributed by atoms with Crippen molar-refractivity contribution in [1.29, 1.82) is 0 Å². The lowest BCUT2D eigenvalue weighted by Crippen LogP contribution is -2.51. The van der Waals surface area contributed by atoms with Gasteiger partial charge in [0.15, 0.2) is 5.96 Å². The molecule has 8 heteroatoms. The Balaban J connectivity index is 0.00000225. The van der Waals surface area contributed by atoms with E-state index in [-0.39, 0.29) is 41.6 Å². The third kappa shape index (κ3) is 5.72. The van der Waals surface area contributed by atoms with Crippen LogP contribution in [0.3, 0.4) is 0 Å². The number of guanidine groups is 1. The van der Waals surface area contributed by atoms with Crippen LogP contribution in [0.2, 0.25) is 0 Å². The fourth-order valence-electron chi connectivity index (χ4n) is 2.79. The van der Waals surface area contributed by atoms with E-state index >= 15 is 0 Å². The maximum atomic E-state index is 13.0. The number of carbonyl (C=O) groups excluding carboxylic acids is 1.